The van der Waals surface area contributed by atoms with Crippen molar-refractivity contribution in [3.63, 3.8) is 0 Å². The number of hydrogen-bond donors (Lipinski definition) is 0. The first-order valence-electron chi connectivity index (χ1n) is 4.50. The second kappa shape index (κ2) is 5.85. The summed E-state index contributed by atoms with van der Waals surface area (Å²) in [6.45, 7) is -0.894. The van der Waals surface area contributed by atoms with Gasteiger partial charge in [0.2, 0.25) is 0 Å². The zero-order valence-electron chi connectivity index (χ0n) is 8.85. The van der Waals surface area contributed by atoms with Gasteiger partial charge < -0.3 is 12.6 Å². The molecule has 1 radical (unpaired) electrons. The molecule has 0 aliphatic heterocycles. The maximum atomic E-state index is 12.4. The summed E-state index contributed by atoms with van der Waals surface area (Å²) in [6.07, 6.45) is -2.44. The molecule has 0 aliphatic carbocycles. The molecular weight excluding hydrogens is 466 g/mol. The van der Waals surface area contributed by atoms with E-state index in [0.717, 1.165) is 12.4 Å². The van der Waals surface area contributed by atoms with Gasteiger partial charge in [0.15, 0.2) is 5.82 Å². The topological polar surface area (TPSA) is 56.5 Å². The molecule has 0 aromatic carbocycles. The first-order chi connectivity index (χ1) is 8.41. The van der Waals surface area contributed by atoms with Gasteiger partial charge >= 0.3 is 6.18 Å². The third kappa shape index (κ3) is 3.42. The van der Waals surface area contributed by atoms with E-state index in [1.807, 2.05) is 0 Å². The Morgan fingerprint density at radius 1 is 1.21 bits per heavy atom. The largest absolute Gasteiger partial charge is 0.740 e. The molecule has 105 valence electrons. The molecule has 0 aliphatic rings. The van der Waals surface area contributed by atoms with Gasteiger partial charge in [0, 0.05) is 25.3 Å². The van der Waals surface area contributed by atoms with E-state index in [-0.39, 0.29) is 31.6 Å². The molecule has 0 bridgehead atoms. The van der Waals surface area contributed by atoms with Crippen molar-refractivity contribution in [2.24, 2.45) is 0 Å². The Balaban J connectivity index is 0.00000180. The van der Waals surface area contributed by atoms with Crippen LogP contribution in [0.4, 0.5) is 17.6 Å². The predicted octanol–water partition coefficient (Wildman–Crippen LogP) is 1.45. The monoisotopic (exact) mass is 471 g/mol. The molecule has 0 saturated carbocycles. The number of nitrogens with zero attached hydrogens (tertiary/aromatic N) is 5. The molecule has 0 amide bonds. The summed E-state index contributed by atoms with van der Waals surface area (Å²) in [5.41, 5.74) is -0.0361. The summed E-state index contributed by atoms with van der Waals surface area (Å²) < 4.78 is 50.1. The predicted molar refractivity (Wildman–Crippen MR) is 52.4 cm³/mol. The minimum Gasteiger partial charge on any atom is -0.740 e. The average Bonchev–Trinajstić information content (AvgIpc) is 2.71. The first-order valence-corrected chi connectivity index (χ1v) is 4.91. The third-order valence-electron chi connectivity index (χ3n) is 1.86. The van der Waals surface area contributed by atoms with Crippen molar-refractivity contribution < 1.29 is 37.7 Å². The first kappa shape index (κ1) is 15.9. The molecule has 0 fully saturated rings. The van der Waals surface area contributed by atoms with Gasteiger partial charge in [-0.1, -0.05) is 0 Å². The zero-order valence-corrected chi connectivity index (χ0v) is 12.1. The number of rotatable bonds is 2. The van der Waals surface area contributed by atoms with Crippen molar-refractivity contribution in [3.05, 3.63) is 23.9 Å². The van der Waals surface area contributed by atoms with E-state index in [9.17, 15) is 17.6 Å². The Hall–Kier alpha value is -1.19. The third-order valence-corrected chi connectivity index (χ3v) is 2.12. The molecule has 2 heterocycles. The van der Waals surface area contributed by atoms with Crippen LogP contribution in [0.1, 0.15) is 11.5 Å². The van der Waals surface area contributed by atoms with Crippen LogP contribution in [0.15, 0.2) is 17.6 Å². The van der Waals surface area contributed by atoms with Crippen LogP contribution in [0.3, 0.4) is 0 Å². The van der Waals surface area contributed by atoms with Crippen molar-refractivity contribution in [2.45, 2.75) is 18.0 Å². The molecular formula is C8H4F4IrN5S-. The van der Waals surface area contributed by atoms with Crippen molar-refractivity contribution >= 4 is 12.6 Å². The molecule has 11 heteroatoms. The van der Waals surface area contributed by atoms with Crippen LogP contribution < -0.4 is 0 Å². The molecule has 0 atom stereocenters. The van der Waals surface area contributed by atoms with Crippen LogP contribution in [-0.4, -0.2) is 24.7 Å². The van der Waals surface area contributed by atoms with Crippen LogP contribution in [0.2, 0.25) is 0 Å². The average molecular weight is 470 g/mol. The smallest absolute Gasteiger partial charge is 0.453 e. The van der Waals surface area contributed by atoms with Gasteiger partial charge in [0.25, 0.3) is 5.82 Å². The van der Waals surface area contributed by atoms with Gasteiger partial charge in [-0.2, -0.15) is 13.2 Å². The quantitative estimate of drug-likeness (QED) is 0.492. The van der Waals surface area contributed by atoms with Gasteiger partial charge in [-0.05, 0) is 0 Å². The Morgan fingerprint density at radius 2 is 1.89 bits per heavy atom. The molecule has 0 N–H and O–H groups in total. The van der Waals surface area contributed by atoms with Crippen LogP contribution in [0.5, 0.6) is 0 Å². The van der Waals surface area contributed by atoms with Crippen LogP contribution in [0.25, 0.3) is 5.82 Å². The van der Waals surface area contributed by atoms with E-state index in [2.05, 4.69) is 32.7 Å². The summed E-state index contributed by atoms with van der Waals surface area (Å²) in [5, 5.41) is 2.75. The summed E-state index contributed by atoms with van der Waals surface area (Å²) in [7, 11) is 0. The van der Waals surface area contributed by atoms with Gasteiger partial charge in [-0.3, -0.25) is 4.98 Å². The Morgan fingerprint density at radius 3 is 2.42 bits per heavy atom. The SMILES string of the molecule is FCc1cncc(-n2nc(C(F)(F)F)nc2[S-])n1.[Ir]. The van der Waals surface area contributed by atoms with E-state index >= 15 is 0 Å². The maximum Gasteiger partial charge on any atom is 0.453 e. The van der Waals surface area contributed by atoms with E-state index < -0.39 is 23.8 Å². The molecule has 19 heavy (non-hydrogen) atoms. The van der Waals surface area contributed by atoms with Crippen molar-refractivity contribution in [1.29, 1.82) is 0 Å². The number of hydrogen-bond acceptors (Lipinski definition) is 5. The Labute approximate surface area is 123 Å². The minimum absolute atomic E-state index is 0. The van der Waals surface area contributed by atoms with Crippen molar-refractivity contribution in [3.8, 4) is 5.82 Å². The molecule has 5 nitrogen and oxygen atoms in total. The zero-order chi connectivity index (χ0) is 13.3. The molecule has 2 rings (SSSR count). The van der Waals surface area contributed by atoms with Crippen molar-refractivity contribution in [2.75, 3.05) is 0 Å². The van der Waals surface area contributed by atoms with E-state index in [1.54, 1.807) is 0 Å². The fourth-order valence-electron chi connectivity index (χ4n) is 1.13. The van der Waals surface area contributed by atoms with Crippen LogP contribution in [0, 0.1) is 0 Å². The fourth-order valence-corrected chi connectivity index (χ4v) is 1.35. The number of halogens is 4. The summed E-state index contributed by atoms with van der Waals surface area (Å²) in [6, 6.07) is 0. The van der Waals surface area contributed by atoms with Gasteiger partial charge in [-0.15, -0.1) is 5.10 Å². The molecule has 0 spiro atoms. The summed E-state index contributed by atoms with van der Waals surface area (Å²) in [5.74, 6) is -1.49. The number of aromatic nitrogens is 5. The second-order valence-corrected chi connectivity index (χ2v) is 3.49. The van der Waals surface area contributed by atoms with Crippen molar-refractivity contribution in [1.82, 2.24) is 24.7 Å². The Kier molecular flexibility index (Phi) is 4.88. The van der Waals surface area contributed by atoms with E-state index in [0.29, 0.717) is 4.68 Å². The second-order valence-electron chi connectivity index (χ2n) is 3.13. The van der Waals surface area contributed by atoms with Crippen LogP contribution >= 0.6 is 0 Å². The molecule has 0 saturated heterocycles. The Bertz CT molecular complexity index is 573. The maximum absolute atomic E-state index is 12.4. The molecule has 0 unspecified atom stereocenters. The van der Waals surface area contributed by atoms with E-state index in [1.165, 1.54) is 0 Å². The van der Waals surface area contributed by atoms with Gasteiger partial charge in [0.05, 0.1) is 18.1 Å². The minimum atomic E-state index is -4.70. The molecule has 2 aromatic heterocycles. The standard InChI is InChI=1S/C8H5F4N5S.Ir/c9-1-4-2-13-3-5(14-4)17-7(18)15-6(16-17)8(10,11)12;/h2-3H,1H2,(H,15,16,18);/p-1. The summed E-state index contributed by atoms with van der Waals surface area (Å²) in [4.78, 5) is 10.4. The fraction of sp³-hybridized carbons (Fsp3) is 0.250. The number of alkyl halides is 4. The van der Waals surface area contributed by atoms with Gasteiger partial charge in [0.1, 0.15) is 6.67 Å². The molecule has 2 aromatic rings. The van der Waals surface area contributed by atoms with Crippen LogP contribution in [-0.2, 0) is 45.6 Å². The van der Waals surface area contributed by atoms with E-state index in [4.69, 9.17) is 0 Å². The van der Waals surface area contributed by atoms with Gasteiger partial charge in [-0.25, -0.2) is 19.0 Å². The summed E-state index contributed by atoms with van der Waals surface area (Å²) >= 11 is 4.63. The normalized spacial score (nSPS) is 11.2.